The van der Waals surface area contributed by atoms with Crippen LogP contribution in [0.25, 0.3) is 6.08 Å². The fraction of sp³-hybridized carbons (Fsp3) is 0.318. The summed E-state index contributed by atoms with van der Waals surface area (Å²) in [5.74, 6) is 1.22. The highest BCUT2D eigenvalue weighted by molar-refractivity contribution is 6.01. The summed E-state index contributed by atoms with van der Waals surface area (Å²) in [6.07, 6.45) is 6.61. The van der Waals surface area contributed by atoms with Gasteiger partial charge in [0.25, 0.3) is 0 Å². The van der Waals surface area contributed by atoms with Gasteiger partial charge in [-0.15, -0.1) is 0 Å². The Balaban J connectivity index is 1.96. The number of aryl methyl sites for hydroxylation is 1. The second kappa shape index (κ2) is 10.3. The van der Waals surface area contributed by atoms with Crippen molar-refractivity contribution in [3.63, 3.8) is 0 Å². The monoisotopic (exact) mass is 353 g/mol. The molecular weight excluding hydrogens is 326 g/mol. The number of rotatable bonds is 9. The molecule has 0 unspecified atom stereocenters. The molecule has 0 heterocycles. The van der Waals surface area contributed by atoms with Crippen LogP contribution in [0.2, 0.25) is 0 Å². The predicted octanol–water partition coefficient (Wildman–Crippen LogP) is 5.22. The topological polar surface area (TPSA) is 47.6 Å². The van der Waals surface area contributed by atoms with Gasteiger partial charge >= 0.3 is 0 Å². The molecule has 0 radical (unpaired) electrons. The van der Waals surface area contributed by atoms with E-state index < -0.39 is 0 Å². The molecule has 0 aliphatic carbocycles. The zero-order valence-corrected chi connectivity index (χ0v) is 15.7. The first-order valence-corrected chi connectivity index (χ1v) is 8.99. The van der Waals surface area contributed by atoms with Crippen LogP contribution in [0.1, 0.15) is 37.3 Å². The van der Waals surface area contributed by atoms with E-state index in [-0.39, 0.29) is 5.91 Å². The zero-order valence-electron chi connectivity index (χ0n) is 15.7. The molecule has 0 saturated heterocycles. The summed E-state index contributed by atoms with van der Waals surface area (Å²) in [6, 6.07) is 13.3. The lowest BCUT2D eigenvalue weighted by molar-refractivity contribution is -0.111. The van der Waals surface area contributed by atoms with Gasteiger partial charge in [0, 0.05) is 11.8 Å². The number of amides is 1. The van der Waals surface area contributed by atoms with Crippen LogP contribution < -0.4 is 14.8 Å². The van der Waals surface area contributed by atoms with Crippen molar-refractivity contribution in [3.8, 4) is 11.5 Å². The third-order valence-electron chi connectivity index (χ3n) is 3.94. The van der Waals surface area contributed by atoms with Crippen molar-refractivity contribution in [2.24, 2.45) is 0 Å². The fourth-order valence-corrected chi connectivity index (χ4v) is 2.43. The molecule has 0 fully saturated rings. The summed E-state index contributed by atoms with van der Waals surface area (Å²) in [7, 11) is 1.62. The minimum atomic E-state index is -0.173. The molecule has 0 aromatic heterocycles. The molecule has 2 aromatic rings. The molecule has 0 aliphatic heterocycles. The van der Waals surface area contributed by atoms with E-state index in [0.29, 0.717) is 12.4 Å². The van der Waals surface area contributed by atoms with Crippen molar-refractivity contribution in [1.29, 1.82) is 0 Å². The number of carbonyl (C=O) groups is 1. The van der Waals surface area contributed by atoms with E-state index in [2.05, 4.69) is 12.2 Å². The lowest BCUT2D eigenvalue weighted by atomic mass is 10.2. The normalized spacial score (nSPS) is 10.7. The van der Waals surface area contributed by atoms with Gasteiger partial charge in [0.15, 0.2) is 11.5 Å². The van der Waals surface area contributed by atoms with E-state index >= 15 is 0 Å². The molecule has 138 valence electrons. The Morgan fingerprint density at radius 1 is 1.08 bits per heavy atom. The second-order valence-corrected chi connectivity index (χ2v) is 6.15. The highest BCUT2D eigenvalue weighted by Crippen LogP contribution is 2.28. The molecule has 1 N–H and O–H groups in total. The van der Waals surface area contributed by atoms with E-state index in [1.807, 2.05) is 49.4 Å². The first-order chi connectivity index (χ1) is 12.6. The molecule has 0 spiro atoms. The summed E-state index contributed by atoms with van der Waals surface area (Å²) in [6.45, 7) is 4.85. The Morgan fingerprint density at radius 2 is 1.85 bits per heavy atom. The Labute approximate surface area is 155 Å². The molecule has 0 bridgehead atoms. The first kappa shape index (κ1) is 19.6. The molecule has 0 atom stereocenters. The summed E-state index contributed by atoms with van der Waals surface area (Å²) >= 11 is 0. The van der Waals surface area contributed by atoms with Crippen LogP contribution in [-0.2, 0) is 4.79 Å². The number of hydrogen-bond acceptors (Lipinski definition) is 3. The maximum absolute atomic E-state index is 12.0. The number of hydrogen-bond donors (Lipinski definition) is 1. The standard InChI is InChI=1S/C22H27NO3/c1-4-5-6-15-26-20-13-9-18(16-21(20)25-3)10-14-22(24)23-19-11-7-17(2)8-12-19/h7-14,16H,4-6,15H2,1-3H3,(H,23,24). The van der Waals surface area contributed by atoms with E-state index in [0.717, 1.165) is 41.8 Å². The Bertz CT molecular complexity index is 736. The minimum absolute atomic E-state index is 0.173. The van der Waals surface area contributed by atoms with Gasteiger partial charge in [-0.25, -0.2) is 0 Å². The summed E-state index contributed by atoms with van der Waals surface area (Å²) in [5, 5.41) is 2.84. The number of benzene rings is 2. The highest BCUT2D eigenvalue weighted by atomic mass is 16.5. The number of nitrogens with one attached hydrogen (secondary N) is 1. The van der Waals surface area contributed by atoms with Crippen LogP contribution in [0, 0.1) is 6.92 Å². The van der Waals surface area contributed by atoms with Gasteiger partial charge in [0.1, 0.15) is 0 Å². The molecule has 1 amide bonds. The van der Waals surface area contributed by atoms with Crippen molar-refractivity contribution in [2.45, 2.75) is 33.1 Å². The molecule has 4 nitrogen and oxygen atoms in total. The lowest BCUT2D eigenvalue weighted by Crippen LogP contribution is -2.07. The van der Waals surface area contributed by atoms with Crippen LogP contribution >= 0.6 is 0 Å². The third-order valence-corrected chi connectivity index (χ3v) is 3.94. The first-order valence-electron chi connectivity index (χ1n) is 8.99. The molecule has 2 rings (SSSR count). The van der Waals surface area contributed by atoms with Crippen molar-refractivity contribution in [1.82, 2.24) is 0 Å². The SMILES string of the molecule is CCCCCOc1ccc(C=CC(=O)Nc2ccc(C)cc2)cc1OC. The highest BCUT2D eigenvalue weighted by Gasteiger charge is 2.05. The third kappa shape index (κ3) is 6.28. The van der Waals surface area contributed by atoms with Crippen LogP contribution in [0.5, 0.6) is 11.5 Å². The Morgan fingerprint density at radius 3 is 2.54 bits per heavy atom. The fourth-order valence-electron chi connectivity index (χ4n) is 2.43. The maximum atomic E-state index is 12.0. The Kier molecular flexibility index (Phi) is 7.75. The van der Waals surface area contributed by atoms with E-state index in [4.69, 9.17) is 9.47 Å². The van der Waals surface area contributed by atoms with Gasteiger partial charge in [0.05, 0.1) is 13.7 Å². The van der Waals surface area contributed by atoms with Crippen molar-refractivity contribution in [3.05, 3.63) is 59.7 Å². The van der Waals surface area contributed by atoms with Crippen LogP contribution in [0.4, 0.5) is 5.69 Å². The summed E-state index contributed by atoms with van der Waals surface area (Å²) in [5.41, 5.74) is 2.81. The Hall–Kier alpha value is -2.75. The van der Waals surface area contributed by atoms with Crippen LogP contribution in [0.3, 0.4) is 0 Å². The minimum Gasteiger partial charge on any atom is -0.493 e. The van der Waals surface area contributed by atoms with Gasteiger partial charge in [-0.3, -0.25) is 4.79 Å². The summed E-state index contributed by atoms with van der Waals surface area (Å²) in [4.78, 5) is 12.0. The predicted molar refractivity (Wildman–Crippen MR) is 107 cm³/mol. The van der Waals surface area contributed by atoms with Gasteiger partial charge in [-0.1, -0.05) is 43.5 Å². The average Bonchev–Trinajstić information content (AvgIpc) is 2.66. The van der Waals surface area contributed by atoms with Crippen LogP contribution in [0.15, 0.2) is 48.5 Å². The van der Waals surface area contributed by atoms with E-state index in [9.17, 15) is 4.79 Å². The van der Waals surface area contributed by atoms with Gasteiger partial charge in [-0.05, 0) is 49.2 Å². The molecule has 26 heavy (non-hydrogen) atoms. The van der Waals surface area contributed by atoms with Gasteiger partial charge in [0.2, 0.25) is 5.91 Å². The van der Waals surface area contributed by atoms with Crippen molar-refractivity contribution < 1.29 is 14.3 Å². The number of methoxy groups -OCH3 is 1. The van der Waals surface area contributed by atoms with E-state index in [1.165, 1.54) is 6.08 Å². The second-order valence-electron chi connectivity index (χ2n) is 6.15. The summed E-state index contributed by atoms with van der Waals surface area (Å²) < 4.78 is 11.2. The molecule has 2 aromatic carbocycles. The number of anilines is 1. The molecule has 0 saturated carbocycles. The molecular formula is C22H27NO3. The number of unbranched alkanes of at least 4 members (excludes halogenated alkanes) is 2. The zero-order chi connectivity index (χ0) is 18.8. The van der Waals surface area contributed by atoms with Crippen molar-refractivity contribution in [2.75, 3.05) is 19.0 Å². The quantitative estimate of drug-likeness (QED) is 0.496. The van der Waals surface area contributed by atoms with Crippen LogP contribution in [-0.4, -0.2) is 19.6 Å². The van der Waals surface area contributed by atoms with Gasteiger partial charge in [-0.2, -0.15) is 0 Å². The maximum Gasteiger partial charge on any atom is 0.248 e. The smallest absolute Gasteiger partial charge is 0.248 e. The lowest BCUT2D eigenvalue weighted by Gasteiger charge is -2.11. The number of carbonyl (C=O) groups excluding carboxylic acids is 1. The average molecular weight is 353 g/mol. The number of ether oxygens (including phenoxy) is 2. The molecule has 4 heteroatoms. The van der Waals surface area contributed by atoms with E-state index in [1.54, 1.807) is 13.2 Å². The molecule has 0 aliphatic rings. The van der Waals surface area contributed by atoms with Crippen molar-refractivity contribution >= 4 is 17.7 Å². The largest absolute Gasteiger partial charge is 0.493 e. The van der Waals surface area contributed by atoms with Gasteiger partial charge < -0.3 is 14.8 Å².